The van der Waals surface area contributed by atoms with Gasteiger partial charge >= 0.3 is 12.1 Å². The molecule has 2 aromatic carbocycles. The van der Waals surface area contributed by atoms with E-state index in [4.69, 9.17) is 9.47 Å². The van der Waals surface area contributed by atoms with Crippen LogP contribution in [-0.4, -0.2) is 53.5 Å². The molecule has 0 spiro atoms. The summed E-state index contributed by atoms with van der Waals surface area (Å²) in [5.74, 6) is 0.101. The van der Waals surface area contributed by atoms with Crippen molar-refractivity contribution < 1.29 is 29.3 Å². The molecule has 2 aromatic rings. The Morgan fingerprint density at radius 3 is 2.75 bits per heavy atom. The maximum absolute atomic E-state index is 12.2. The average molecular weight is 385 g/mol. The molecule has 0 aliphatic carbocycles. The topological polar surface area (TPSA) is 96.3 Å². The molecule has 1 fully saturated rings. The first-order valence-electron chi connectivity index (χ1n) is 9.02. The third-order valence-corrected chi connectivity index (χ3v) is 4.97. The van der Waals surface area contributed by atoms with Crippen molar-refractivity contribution in [3.63, 3.8) is 0 Å². The molecule has 28 heavy (non-hydrogen) atoms. The van der Waals surface area contributed by atoms with Gasteiger partial charge in [0.25, 0.3) is 0 Å². The fourth-order valence-corrected chi connectivity index (χ4v) is 3.64. The van der Waals surface area contributed by atoms with Gasteiger partial charge in [0, 0.05) is 6.54 Å². The van der Waals surface area contributed by atoms with Gasteiger partial charge in [-0.25, -0.2) is 9.59 Å². The number of hydrogen-bond acceptors (Lipinski definition) is 5. The van der Waals surface area contributed by atoms with Gasteiger partial charge < -0.3 is 24.6 Å². The summed E-state index contributed by atoms with van der Waals surface area (Å²) in [5.41, 5.74) is 1.10. The highest BCUT2D eigenvalue weighted by atomic mass is 16.5. The quantitative estimate of drug-likeness (QED) is 0.605. The Bertz CT molecular complexity index is 909. The third kappa shape index (κ3) is 3.80. The number of carbonyl (C=O) groups excluding carboxylic acids is 1. The van der Waals surface area contributed by atoms with Crippen molar-refractivity contribution in [1.29, 1.82) is 0 Å². The number of esters is 1. The van der Waals surface area contributed by atoms with Gasteiger partial charge in [-0.05, 0) is 53.4 Å². The first-order valence-corrected chi connectivity index (χ1v) is 9.02. The summed E-state index contributed by atoms with van der Waals surface area (Å²) in [6.07, 6.45) is 0.683. The smallest absolute Gasteiger partial charge is 0.407 e. The summed E-state index contributed by atoms with van der Waals surface area (Å²) >= 11 is 0. The predicted octanol–water partition coefficient (Wildman–Crippen LogP) is 3.37. The molecule has 1 heterocycles. The van der Waals surface area contributed by atoms with Crippen LogP contribution in [0.3, 0.4) is 0 Å². The van der Waals surface area contributed by atoms with Crippen LogP contribution < -0.4 is 4.74 Å². The molecule has 148 valence electrons. The van der Waals surface area contributed by atoms with Gasteiger partial charge in [-0.2, -0.15) is 0 Å². The van der Waals surface area contributed by atoms with Crippen LogP contribution in [0.4, 0.5) is 4.79 Å². The highest BCUT2D eigenvalue weighted by Gasteiger charge is 2.33. The molecule has 0 bridgehead atoms. The highest BCUT2D eigenvalue weighted by molar-refractivity contribution is 6.06. The Labute approximate surface area is 162 Å². The zero-order chi connectivity index (χ0) is 20.3. The van der Waals surface area contributed by atoms with Gasteiger partial charge in [-0.1, -0.05) is 18.7 Å². The number of methoxy groups -OCH3 is 1. The van der Waals surface area contributed by atoms with E-state index in [2.05, 4.69) is 6.58 Å². The molecule has 1 saturated heterocycles. The lowest BCUT2D eigenvalue weighted by atomic mass is 9.88. The Balaban J connectivity index is 2.18. The summed E-state index contributed by atoms with van der Waals surface area (Å²) in [7, 11) is 1.31. The summed E-state index contributed by atoms with van der Waals surface area (Å²) in [5, 5.41) is 21.1. The molecule has 7 heteroatoms. The largest absolute Gasteiger partial charge is 0.490 e. The summed E-state index contributed by atoms with van der Waals surface area (Å²) in [6.45, 7) is 4.19. The molecule has 3 rings (SSSR count). The molecule has 2 N–H and O–H groups in total. The van der Waals surface area contributed by atoms with Crippen LogP contribution in [0.25, 0.3) is 10.8 Å². The van der Waals surface area contributed by atoms with Crippen LogP contribution >= 0.6 is 0 Å². The zero-order valence-corrected chi connectivity index (χ0v) is 15.6. The number of piperidine rings is 1. The van der Waals surface area contributed by atoms with Crippen LogP contribution in [0, 0.1) is 0 Å². The van der Waals surface area contributed by atoms with E-state index in [1.54, 1.807) is 36.4 Å². The number of ether oxygens (including phenoxy) is 2. The van der Waals surface area contributed by atoms with E-state index in [0.717, 1.165) is 0 Å². The van der Waals surface area contributed by atoms with E-state index in [9.17, 15) is 19.8 Å². The van der Waals surface area contributed by atoms with Crippen molar-refractivity contribution >= 4 is 22.8 Å². The number of benzene rings is 2. The van der Waals surface area contributed by atoms with Crippen LogP contribution in [0.5, 0.6) is 5.75 Å². The molecule has 1 aliphatic rings. The maximum Gasteiger partial charge on any atom is 0.407 e. The molecule has 1 aliphatic heterocycles. The Morgan fingerprint density at radius 2 is 2.07 bits per heavy atom. The van der Waals surface area contributed by atoms with Crippen LogP contribution in [0.1, 0.15) is 34.8 Å². The SMILES string of the molecule is C=CCOc1ccc2c(C(=O)OC)ccc(C3CC(O)CCN3C(=O)O)c2c1. The number of hydrogen-bond donors (Lipinski definition) is 2. The first kappa shape index (κ1) is 19.7. The molecule has 0 aromatic heterocycles. The number of carbonyl (C=O) groups is 2. The van der Waals surface area contributed by atoms with Crippen molar-refractivity contribution in [2.75, 3.05) is 20.3 Å². The van der Waals surface area contributed by atoms with Gasteiger partial charge in [0.2, 0.25) is 0 Å². The molecule has 2 atom stereocenters. The standard InChI is InChI=1S/C21H23NO6/c1-3-10-28-14-4-5-15-17(20(24)27-2)7-6-16(18(15)12-14)19-11-13(23)8-9-22(19)21(25)26/h3-7,12-13,19,23H,1,8-11H2,2H3,(H,25,26). The Morgan fingerprint density at radius 1 is 1.29 bits per heavy atom. The maximum atomic E-state index is 12.2. The second-order valence-corrected chi connectivity index (χ2v) is 6.67. The van der Waals surface area contributed by atoms with Crippen LogP contribution in [-0.2, 0) is 4.74 Å². The van der Waals surface area contributed by atoms with Crippen LogP contribution in [0.15, 0.2) is 43.0 Å². The molecular weight excluding hydrogens is 362 g/mol. The summed E-state index contributed by atoms with van der Waals surface area (Å²) in [6, 6.07) is 8.12. The molecular formula is C21H23NO6. The van der Waals surface area contributed by atoms with Gasteiger partial charge in [0.05, 0.1) is 24.8 Å². The van der Waals surface area contributed by atoms with Crippen molar-refractivity contribution in [2.24, 2.45) is 0 Å². The predicted molar refractivity (Wildman–Crippen MR) is 104 cm³/mol. The number of likely N-dealkylation sites (tertiary alicyclic amines) is 1. The van der Waals surface area contributed by atoms with E-state index >= 15 is 0 Å². The normalized spacial score (nSPS) is 19.3. The van der Waals surface area contributed by atoms with E-state index < -0.39 is 24.2 Å². The zero-order valence-electron chi connectivity index (χ0n) is 15.6. The Hall–Kier alpha value is -3.06. The second-order valence-electron chi connectivity index (χ2n) is 6.67. The summed E-state index contributed by atoms with van der Waals surface area (Å²) < 4.78 is 10.5. The van der Waals surface area contributed by atoms with Gasteiger partial charge in [-0.15, -0.1) is 0 Å². The van der Waals surface area contributed by atoms with Crippen molar-refractivity contribution in [1.82, 2.24) is 4.90 Å². The molecule has 0 saturated carbocycles. The lowest BCUT2D eigenvalue weighted by molar-refractivity contribution is 0.0428. The molecule has 0 radical (unpaired) electrons. The molecule has 1 amide bonds. The van der Waals surface area contributed by atoms with E-state index in [1.807, 2.05) is 0 Å². The number of amides is 1. The Kier molecular flexibility index (Phi) is 5.84. The van der Waals surface area contributed by atoms with Crippen molar-refractivity contribution in [3.8, 4) is 5.75 Å². The monoisotopic (exact) mass is 385 g/mol. The van der Waals surface area contributed by atoms with Crippen molar-refractivity contribution in [3.05, 3.63) is 54.1 Å². The number of nitrogens with zero attached hydrogens (tertiary/aromatic N) is 1. The number of rotatable bonds is 5. The average Bonchev–Trinajstić information content (AvgIpc) is 2.70. The minimum atomic E-state index is -1.04. The minimum Gasteiger partial charge on any atom is -0.490 e. The second kappa shape index (κ2) is 8.31. The van der Waals surface area contributed by atoms with E-state index in [-0.39, 0.29) is 13.0 Å². The first-order chi connectivity index (χ1) is 13.5. The van der Waals surface area contributed by atoms with Gasteiger partial charge in [0.15, 0.2) is 0 Å². The fraction of sp³-hybridized carbons (Fsp3) is 0.333. The lowest BCUT2D eigenvalue weighted by Crippen LogP contribution is -2.41. The molecule has 2 unspecified atom stereocenters. The number of fused-ring (bicyclic) bond motifs is 1. The van der Waals surface area contributed by atoms with Crippen molar-refractivity contribution in [2.45, 2.75) is 25.0 Å². The van der Waals surface area contributed by atoms with E-state index in [0.29, 0.717) is 40.7 Å². The fourth-order valence-electron chi connectivity index (χ4n) is 3.64. The minimum absolute atomic E-state index is 0.244. The van der Waals surface area contributed by atoms with E-state index in [1.165, 1.54) is 12.0 Å². The molecule has 7 nitrogen and oxygen atoms in total. The summed E-state index contributed by atoms with van der Waals surface area (Å²) in [4.78, 5) is 25.3. The number of aliphatic hydroxyl groups is 1. The number of aliphatic hydroxyl groups excluding tert-OH is 1. The van der Waals surface area contributed by atoms with Gasteiger partial charge in [0.1, 0.15) is 12.4 Å². The lowest BCUT2D eigenvalue weighted by Gasteiger charge is -2.37. The third-order valence-electron chi connectivity index (χ3n) is 4.97. The number of carboxylic acid groups (broad SMARTS) is 1. The van der Waals surface area contributed by atoms with Gasteiger partial charge in [-0.3, -0.25) is 0 Å². The van der Waals surface area contributed by atoms with Crippen LogP contribution in [0.2, 0.25) is 0 Å². The highest BCUT2D eigenvalue weighted by Crippen LogP contribution is 2.38.